The molecule has 0 radical (unpaired) electrons. The maximum absolute atomic E-state index is 6.12. The summed E-state index contributed by atoms with van der Waals surface area (Å²) in [5, 5.41) is 2.24. The van der Waals surface area contributed by atoms with Crippen LogP contribution in [-0.2, 0) is 5.41 Å². The minimum absolute atomic E-state index is 0.244. The van der Waals surface area contributed by atoms with Crippen molar-refractivity contribution in [3.05, 3.63) is 217 Å². The van der Waals surface area contributed by atoms with Crippen LogP contribution in [0.2, 0.25) is 0 Å². The van der Waals surface area contributed by atoms with Gasteiger partial charge in [-0.2, -0.15) is 0 Å². The van der Waals surface area contributed by atoms with Crippen LogP contribution in [0.15, 0.2) is 205 Å². The monoisotopic (exact) mass is 728 g/mol. The summed E-state index contributed by atoms with van der Waals surface area (Å²) in [6.45, 7) is 2.37. The van der Waals surface area contributed by atoms with Gasteiger partial charge in [0.25, 0.3) is 0 Å². The van der Waals surface area contributed by atoms with Gasteiger partial charge < -0.3 is 4.42 Å². The fourth-order valence-electron chi connectivity index (χ4n) is 8.91. The lowest BCUT2D eigenvalue weighted by Gasteiger charge is -2.28. The highest BCUT2D eigenvalue weighted by atomic mass is 16.3. The zero-order valence-corrected chi connectivity index (χ0v) is 31.4. The molecule has 8 aromatic carbocycles. The van der Waals surface area contributed by atoms with Gasteiger partial charge in [0.15, 0.2) is 5.82 Å². The van der Waals surface area contributed by atoms with Crippen LogP contribution in [0, 0.1) is 0 Å². The van der Waals surface area contributed by atoms with Gasteiger partial charge in [-0.3, -0.25) is 0 Å². The van der Waals surface area contributed by atoms with Crippen LogP contribution in [0.3, 0.4) is 0 Å². The fraction of sp³-hybridized carbons (Fsp3) is 0.0370. The van der Waals surface area contributed by atoms with Crippen LogP contribution < -0.4 is 0 Å². The second-order valence-corrected chi connectivity index (χ2v) is 15.1. The van der Waals surface area contributed by atoms with Crippen molar-refractivity contribution in [1.82, 2.24) is 9.97 Å². The maximum Gasteiger partial charge on any atom is 0.160 e. The van der Waals surface area contributed by atoms with Crippen molar-refractivity contribution in [3.63, 3.8) is 0 Å². The summed E-state index contributed by atoms with van der Waals surface area (Å²) in [7, 11) is 0. The van der Waals surface area contributed by atoms with Crippen molar-refractivity contribution in [3.8, 4) is 67.3 Å². The number of nitrogens with zero attached hydrogens (tertiary/aromatic N) is 2. The molecule has 0 saturated carbocycles. The summed E-state index contributed by atoms with van der Waals surface area (Å²) in [5.41, 5.74) is 17.6. The summed E-state index contributed by atoms with van der Waals surface area (Å²) < 4.78 is 6.12. The first kappa shape index (κ1) is 33.0. The number of para-hydroxylation sites is 1. The molecule has 0 bridgehead atoms. The molecule has 0 spiro atoms. The van der Waals surface area contributed by atoms with Gasteiger partial charge >= 0.3 is 0 Å². The van der Waals surface area contributed by atoms with E-state index in [1.807, 2.05) is 30.3 Å². The van der Waals surface area contributed by atoms with E-state index in [9.17, 15) is 0 Å². The number of rotatable bonds is 6. The first-order valence-corrected chi connectivity index (χ1v) is 19.5. The fourth-order valence-corrected chi connectivity index (χ4v) is 8.91. The summed E-state index contributed by atoms with van der Waals surface area (Å²) in [4.78, 5) is 10.3. The average Bonchev–Trinajstić information content (AvgIpc) is 3.80. The Kier molecular flexibility index (Phi) is 7.61. The van der Waals surface area contributed by atoms with Gasteiger partial charge in [-0.1, -0.05) is 170 Å². The van der Waals surface area contributed by atoms with E-state index in [1.165, 1.54) is 38.9 Å². The third kappa shape index (κ3) is 5.43. The molecule has 57 heavy (non-hydrogen) atoms. The molecule has 0 N–H and O–H groups in total. The van der Waals surface area contributed by atoms with Gasteiger partial charge in [0.2, 0.25) is 0 Å². The Balaban J connectivity index is 0.998. The summed E-state index contributed by atoms with van der Waals surface area (Å²) in [6, 6.07) is 71.1. The molecular weight excluding hydrogens is 693 g/mol. The number of aromatic nitrogens is 2. The molecule has 10 aromatic rings. The Morgan fingerprint density at radius 2 is 0.965 bits per heavy atom. The zero-order valence-electron chi connectivity index (χ0n) is 31.4. The Hall–Kier alpha value is -7.36. The first-order valence-electron chi connectivity index (χ1n) is 19.5. The van der Waals surface area contributed by atoms with Gasteiger partial charge in [-0.25, -0.2) is 9.97 Å². The van der Waals surface area contributed by atoms with Gasteiger partial charge in [0, 0.05) is 32.9 Å². The lowest BCUT2D eigenvalue weighted by Crippen LogP contribution is -2.22. The number of fused-ring (bicyclic) bond motifs is 6. The molecule has 268 valence electrons. The van der Waals surface area contributed by atoms with Gasteiger partial charge in [-0.15, -0.1) is 0 Å². The predicted octanol–water partition coefficient (Wildman–Crippen LogP) is 14.0. The number of benzene rings is 8. The Labute approximate surface area is 331 Å². The van der Waals surface area contributed by atoms with Crippen LogP contribution in [-0.4, -0.2) is 9.97 Å². The van der Waals surface area contributed by atoms with Crippen LogP contribution >= 0.6 is 0 Å². The highest BCUT2D eigenvalue weighted by Crippen LogP contribution is 2.55. The SMILES string of the molecule is CC1(c2ccccc2)c2ccccc2-c2c(-c3ccc(-c4cc(-c5cccc(-c6ccc7oc8ccccc8c7c6)c5)nc(-c5ccccc5)n4)cc3)cccc21. The zero-order chi connectivity index (χ0) is 37.9. The summed E-state index contributed by atoms with van der Waals surface area (Å²) in [5.74, 6) is 0.696. The molecule has 2 aromatic heterocycles. The van der Waals surface area contributed by atoms with Crippen LogP contribution in [0.4, 0.5) is 0 Å². The van der Waals surface area contributed by atoms with Gasteiger partial charge in [0.1, 0.15) is 11.2 Å². The van der Waals surface area contributed by atoms with Crippen molar-refractivity contribution in [1.29, 1.82) is 0 Å². The lowest BCUT2D eigenvalue weighted by molar-refractivity contribution is 0.669. The van der Waals surface area contributed by atoms with E-state index >= 15 is 0 Å². The van der Waals surface area contributed by atoms with Gasteiger partial charge in [0.05, 0.1) is 11.4 Å². The van der Waals surface area contributed by atoms with Crippen molar-refractivity contribution < 1.29 is 4.42 Å². The maximum atomic E-state index is 6.12. The Morgan fingerprint density at radius 1 is 0.386 bits per heavy atom. The highest BCUT2D eigenvalue weighted by Gasteiger charge is 2.41. The van der Waals surface area contributed by atoms with Crippen LogP contribution in [0.25, 0.3) is 89.2 Å². The van der Waals surface area contributed by atoms with E-state index in [4.69, 9.17) is 14.4 Å². The van der Waals surface area contributed by atoms with E-state index in [0.717, 1.165) is 61.1 Å². The number of furan rings is 1. The quantitative estimate of drug-likeness (QED) is 0.171. The molecule has 2 heterocycles. The molecule has 1 aliphatic rings. The standard InChI is InChI=1S/C54H36N2O/c1-54(41-18-6-3-7-19-41)46-23-10-8-21-44(46)52-42(22-13-24-47(52)54)35-26-28-36(29-27-35)48-34-49(56-53(55-48)37-14-4-2-5-15-37)40-17-12-16-38(32-40)39-30-31-51-45(33-39)43-20-9-11-25-50(43)57-51/h2-34H,1H3. The van der Waals surface area contributed by atoms with Crippen molar-refractivity contribution >= 4 is 21.9 Å². The molecule has 1 unspecified atom stereocenters. The van der Waals surface area contributed by atoms with Crippen molar-refractivity contribution in [2.45, 2.75) is 12.3 Å². The topological polar surface area (TPSA) is 38.9 Å². The van der Waals surface area contributed by atoms with Crippen LogP contribution in [0.5, 0.6) is 0 Å². The normalized spacial score (nSPS) is 14.5. The molecule has 1 aliphatic carbocycles. The average molecular weight is 729 g/mol. The molecular formula is C54H36N2O. The molecule has 0 fully saturated rings. The molecule has 3 heteroatoms. The van der Waals surface area contributed by atoms with Crippen LogP contribution in [0.1, 0.15) is 23.6 Å². The summed E-state index contributed by atoms with van der Waals surface area (Å²) in [6.07, 6.45) is 0. The predicted molar refractivity (Wildman–Crippen MR) is 234 cm³/mol. The minimum Gasteiger partial charge on any atom is -0.456 e. The van der Waals surface area contributed by atoms with E-state index in [2.05, 4.69) is 177 Å². The van der Waals surface area contributed by atoms with E-state index in [1.54, 1.807) is 0 Å². The Morgan fingerprint density at radius 3 is 1.81 bits per heavy atom. The molecule has 1 atom stereocenters. The third-order valence-electron chi connectivity index (χ3n) is 11.8. The largest absolute Gasteiger partial charge is 0.456 e. The first-order chi connectivity index (χ1) is 28.1. The molecule has 11 rings (SSSR count). The number of hydrogen-bond donors (Lipinski definition) is 0. The molecule has 0 amide bonds. The smallest absolute Gasteiger partial charge is 0.160 e. The highest BCUT2D eigenvalue weighted by molar-refractivity contribution is 6.06. The van der Waals surface area contributed by atoms with E-state index in [0.29, 0.717) is 5.82 Å². The lowest BCUT2D eigenvalue weighted by atomic mass is 9.74. The summed E-state index contributed by atoms with van der Waals surface area (Å²) >= 11 is 0. The third-order valence-corrected chi connectivity index (χ3v) is 11.8. The molecule has 0 saturated heterocycles. The van der Waals surface area contributed by atoms with Crippen molar-refractivity contribution in [2.24, 2.45) is 0 Å². The van der Waals surface area contributed by atoms with E-state index < -0.39 is 0 Å². The molecule has 0 aliphatic heterocycles. The molecule has 3 nitrogen and oxygen atoms in total. The number of hydrogen-bond acceptors (Lipinski definition) is 3. The second kappa shape index (κ2) is 13.1. The van der Waals surface area contributed by atoms with Crippen molar-refractivity contribution in [2.75, 3.05) is 0 Å². The van der Waals surface area contributed by atoms with E-state index in [-0.39, 0.29) is 5.41 Å². The van der Waals surface area contributed by atoms with Gasteiger partial charge in [-0.05, 0) is 87.3 Å². The Bertz CT molecular complexity index is 3130. The minimum atomic E-state index is -0.244. The second-order valence-electron chi connectivity index (χ2n) is 15.1.